The molecule has 3 rings (SSSR count). The quantitative estimate of drug-likeness (QED) is 0.570. The maximum atomic E-state index is 6.20. The summed E-state index contributed by atoms with van der Waals surface area (Å²) in [6, 6.07) is 3.81. The van der Waals surface area contributed by atoms with E-state index < -0.39 is 0 Å². The normalized spacial score (nSPS) is 22.1. The molecule has 2 aromatic heterocycles. The number of hydrogen-bond acceptors (Lipinski definition) is 4. The molecule has 0 N–H and O–H groups in total. The van der Waals surface area contributed by atoms with Crippen LogP contribution in [0.1, 0.15) is 10.9 Å². The first-order chi connectivity index (χ1) is 8.24. The molecule has 2 aromatic rings. The average molecular weight is 267 g/mol. The van der Waals surface area contributed by atoms with Crippen molar-refractivity contribution in [1.29, 1.82) is 0 Å². The van der Waals surface area contributed by atoms with Crippen molar-refractivity contribution in [2.45, 2.75) is 5.25 Å². The van der Waals surface area contributed by atoms with Gasteiger partial charge in [0.05, 0.1) is 17.1 Å². The van der Waals surface area contributed by atoms with Gasteiger partial charge in [-0.05, 0) is 12.6 Å². The van der Waals surface area contributed by atoms with E-state index in [2.05, 4.69) is 22.9 Å². The zero-order chi connectivity index (χ0) is 11.8. The number of rotatable bonds is 1. The summed E-state index contributed by atoms with van der Waals surface area (Å²) in [5.41, 5.74) is 1.88. The fourth-order valence-electron chi connectivity index (χ4n) is 2.02. The Labute approximate surface area is 110 Å². The summed E-state index contributed by atoms with van der Waals surface area (Å²) in [6.07, 6.45) is 1.72. The molecule has 0 aliphatic carbocycles. The number of nitrogens with zero attached hydrogens (tertiary/aromatic N) is 4. The Balaban J connectivity index is 1.99. The van der Waals surface area contributed by atoms with Crippen molar-refractivity contribution < 1.29 is 0 Å². The molecular formula is C10H12BClN4S. The van der Waals surface area contributed by atoms with Crippen LogP contribution in [0.5, 0.6) is 0 Å². The summed E-state index contributed by atoms with van der Waals surface area (Å²) in [7, 11) is 2.14. The Hall–Kier alpha value is -0.715. The lowest BCUT2D eigenvalue weighted by Crippen LogP contribution is -2.32. The van der Waals surface area contributed by atoms with Gasteiger partial charge in [-0.15, -0.1) is 11.8 Å². The number of aromatic nitrogens is 3. The monoisotopic (exact) mass is 266 g/mol. The van der Waals surface area contributed by atoms with E-state index >= 15 is 0 Å². The summed E-state index contributed by atoms with van der Waals surface area (Å²) >= 11 is 8.14. The molecule has 0 aromatic carbocycles. The fraction of sp³-hybridized carbons (Fsp3) is 0.400. The molecular weight excluding hydrogens is 254 g/mol. The van der Waals surface area contributed by atoms with Crippen molar-refractivity contribution in [2.24, 2.45) is 0 Å². The molecule has 1 unspecified atom stereocenters. The summed E-state index contributed by atoms with van der Waals surface area (Å²) in [4.78, 5) is 6.95. The molecule has 3 heterocycles. The molecule has 7 heteroatoms. The molecule has 4 nitrogen and oxygen atoms in total. The highest BCUT2D eigenvalue weighted by atomic mass is 35.5. The molecule has 0 bridgehead atoms. The molecule has 1 saturated heterocycles. The smallest absolute Gasteiger partial charge is 0.185 e. The second-order valence-electron chi connectivity index (χ2n) is 4.23. The lowest BCUT2D eigenvalue weighted by molar-refractivity contribution is 0.464. The van der Waals surface area contributed by atoms with E-state index in [1.165, 1.54) is 0 Å². The highest BCUT2D eigenvalue weighted by Gasteiger charge is 2.21. The minimum atomic E-state index is 0.408. The van der Waals surface area contributed by atoms with Crippen molar-refractivity contribution in [3.8, 4) is 0 Å². The van der Waals surface area contributed by atoms with Gasteiger partial charge in [0.1, 0.15) is 5.15 Å². The van der Waals surface area contributed by atoms with E-state index in [4.69, 9.17) is 11.6 Å². The second-order valence-corrected chi connectivity index (χ2v) is 5.92. The topological polar surface area (TPSA) is 33.4 Å². The molecule has 1 aliphatic rings. The van der Waals surface area contributed by atoms with Crippen LogP contribution in [-0.4, -0.2) is 46.2 Å². The van der Waals surface area contributed by atoms with Gasteiger partial charge in [-0.1, -0.05) is 11.6 Å². The number of fused-ring (bicyclic) bond motifs is 1. The largest absolute Gasteiger partial charge is 0.347 e. The highest BCUT2D eigenvalue weighted by Crippen LogP contribution is 2.32. The van der Waals surface area contributed by atoms with Crippen LogP contribution in [0.2, 0.25) is 5.15 Å². The minimum absolute atomic E-state index is 0.408. The lowest BCUT2D eigenvalue weighted by Gasteiger charge is -2.29. The Morgan fingerprint density at radius 2 is 2.41 bits per heavy atom. The third kappa shape index (κ3) is 2.17. The first-order valence-electron chi connectivity index (χ1n) is 5.54. The zero-order valence-corrected chi connectivity index (χ0v) is 11.1. The Bertz CT molecular complexity index is 546. The number of hydrogen-bond donors (Lipinski definition) is 0. The van der Waals surface area contributed by atoms with Gasteiger partial charge < -0.3 is 4.81 Å². The third-order valence-corrected chi connectivity index (χ3v) is 4.42. The Morgan fingerprint density at radius 1 is 1.53 bits per heavy atom. The van der Waals surface area contributed by atoms with Crippen LogP contribution in [0, 0.1) is 0 Å². The van der Waals surface area contributed by atoms with Crippen LogP contribution < -0.4 is 0 Å². The van der Waals surface area contributed by atoms with Gasteiger partial charge >= 0.3 is 0 Å². The standard InChI is InChI=1S/C10H12BClN4S/c11-15-3-4-17-8(6-15)7-5-9(12)16-10(14-7)1-2-13-16/h1-2,5,8H,3-4,6,11H2. The summed E-state index contributed by atoms with van der Waals surface area (Å²) < 4.78 is 1.66. The van der Waals surface area contributed by atoms with Gasteiger partial charge in [-0.2, -0.15) is 5.10 Å². The van der Waals surface area contributed by atoms with E-state index in [9.17, 15) is 0 Å². The molecule has 17 heavy (non-hydrogen) atoms. The maximum absolute atomic E-state index is 6.20. The van der Waals surface area contributed by atoms with Gasteiger partial charge in [0.15, 0.2) is 13.6 Å². The molecule has 1 atom stereocenters. The zero-order valence-electron chi connectivity index (χ0n) is 9.51. The van der Waals surface area contributed by atoms with Crippen LogP contribution in [0.15, 0.2) is 18.3 Å². The minimum Gasteiger partial charge on any atom is -0.347 e. The molecule has 0 amide bonds. The SMILES string of the molecule is BN1CCSC(c2cc(Cl)n3nccc3n2)C1. The lowest BCUT2D eigenvalue weighted by atomic mass is 10.2. The number of thioether (sulfide) groups is 1. The molecule has 1 fully saturated rings. The maximum Gasteiger partial charge on any atom is 0.185 e. The number of halogens is 1. The van der Waals surface area contributed by atoms with Crippen molar-refractivity contribution in [3.05, 3.63) is 29.2 Å². The average Bonchev–Trinajstić information content (AvgIpc) is 2.77. The van der Waals surface area contributed by atoms with Crippen LogP contribution >= 0.6 is 23.4 Å². The van der Waals surface area contributed by atoms with E-state index in [0.29, 0.717) is 10.4 Å². The van der Waals surface area contributed by atoms with Crippen molar-refractivity contribution in [2.75, 3.05) is 18.8 Å². The molecule has 0 spiro atoms. The Morgan fingerprint density at radius 3 is 3.24 bits per heavy atom. The predicted molar refractivity (Wildman–Crippen MR) is 73.3 cm³/mol. The van der Waals surface area contributed by atoms with Crippen LogP contribution in [0.4, 0.5) is 0 Å². The summed E-state index contributed by atoms with van der Waals surface area (Å²) in [5.74, 6) is 1.14. The molecule has 0 saturated carbocycles. The van der Waals surface area contributed by atoms with Crippen LogP contribution in [0.3, 0.4) is 0 Å². The van der Waals surface area contributed by atoms with Crippen molar-refractivity contribution in [3.63, 3.8) is 0 Å². The van der Waals surface area contributed by atoms with E-state index in [1.807, 2.05) is 23.9 Å². The summed E-state index contributed by atoms with van der Waals surface area (Å²) in [5, 5.41) is 5.16. The molecule has 0 radical (unpaired) electrons. The predicted octanol–water partition coefficient (Wildman–Crippen LogP) is 1.02. The molecule has 1 aliphatic heterocycles. The highest BCUT2D eigenvalue weighted by molar-refractivity contribution is 7.99. The van der Waals surface area contributed by atoms with Crippen LogP contribution in [0.25, 0.3) is 5.65 Å². The van der Waals surface area contributed by atoms with Gasteiger partial charge in [-0.25, -0.2) is 9.50 Å². The van der Waals surface area contributed by atoms with Crippen molar-refractivity contribution >= 4 is 37.0 Å². The second kappa shape index (κ2) is 4.51. The van der Waals surface area contributed by atoms with E-state index in [0.717, 1.165) is 30.2 Å². The Kier molecular flexibility index (Phi) is 3.02. The van der Waals surface area contributed by atoms with Crippen LogP contribution in [-0.2, 0) is 0 Å². The van der Waals surface area contributed by atoms with Gasteiger partial charge in [0.2, 0.25) is 0 Å². The van der Waals surface area contributed by atoms with E-state index in [-0.39, 0.29) is 0 Å². The first kappa shape index (κ1) is 11.4. The van der Waals surface area contributed by atoms with Crippen molar-refractivity contribution in [1.82, 2.24) is 19.4 Å². The summed E-state index contributed by atoms with van der Waals surface area (Å²) in [6.45, 7) is 2.17. The fourth-order valence-corrected chi connectivity index (χ4v) is 3.61. The van der Waals surface area contributed by atoms with Gasteiger partial charge in [0, 0.05) is 18.4 Å². The van der Waals surface area contributed by atoms with Gasteiger partial charge in [-0.3, -0.25) is 0 Å². The first-order valence-corrected chi connectivity index (χ1v) is 6.97. The van der Waals surface area contributed by atoms with E-state index in [1.54, 1.807) is 10.7 Å². The van der Waals surface area contributed by atoms with Gasteiger partial charge in [0.25, 0.3) is 0 Å². The molecule has 88 valence electrons. The third-order valence-electron chi connectivity index (χ3n) is 2.94.